The van der Waals surface area contributed by atoms with Crippen LogP contribution in [0, 0.1) is 28.6 Å². The predicted octanol–water partition coefficient (Wildman–Crippen LogP) is 12.6. The van der Waals surface area contributed by atoms with Crippen molar-refractivity contribution in [2.24, 2.45) is 28.6 Å². The van der Waals surface area contributed by atoms with E-state index < -0.39 is 33.9 Å². The Labute approximate surface area is 356 Å². The minimum Gasteiger partial charge on any atom is -0.417 e. The summed E-state index contributed by atoms with van der Waals surface area (Å²) in [6.07, 6.45) is 16.0. The predicted molar refractivity (Wildman–Crippen MR) is 250 cm³/mol. The van der Waals surface area contributed by atoms with E-state index in [1.807, 2.05) is 23.5 Å². The van der Waals surface area contributed by atoms with Crippen LogP contribution in [0.15, 0.2) is 23.3 Å². The summed E-state index contributed by atoms with van der Waals surface area (Å²) in [4.78, 5) is 0. The van der Waals surface area contributed by atoms with Crippen LogP contribution in [0.1, 0.15) is 153 Å². The zero-order chi connectivity index (χ0) is 42.2. The highest BCUT2D eigenvalue weighted by atomic mass is 32.2. The molecule has 326 valence electrons. The van der Waals surface area contributed by atoms with Gasteiger partial charge in [0.05, 0.1) is 17.3 Å². The molecule has 0 radical (unpaired) electrons. The van der Waals surface area contributed by atoms with Crippen molar-refractivity contribution >= 4 is 40.2 Å². The van der Waals surface area contributed by atoms with Gasteiger partial charge in [0.25, 0.3) is 0 Å². The zero-order valence-corrected chi connectivity index (χ0v) is 42.5. The van der Waals surface area contributed by atoms with E-state index in [0.29, 0.717) is 69.0 Å². The second-order valence-electron chi connectivity index (χ2n) is 22.2. The van der Waals surface area contributed by atoms with Crippen LogP contribution < -0.4 is 0 Å². The topological polar surface area (TPSA) is 79.2 Å². The van der Waals surface area contributed by atoms with Crippen molar-refractivity contribution in [1.82, 2.24) is 0 Å². The van der Waals surface area contributed by atoms with Gasteiger partial charge in [-0.25, -0.2) is 0 Å². The molecule has 5 unspecified atom stereocenters. The van der Waals surface area contributed by atoms with Crippen molar-refractivity contribution in [1.29, 1.82) is 0 Å². The maximum Gasteiger partial charge on any atom is 0.191 e. The molecular weight excluding hydrogens is 765 g/mol. The lowest BCUT2D eigenvalue weighted by molar-refractivity contribution is 0.0107. The van der Waals surface area contributed by atoms with Gasteiger partial charge < -0.3 is 24.2 Å². The number of rotatable bonds is 19. The third kappa shape index (κ3) is 10.4. The summed E-state index contributed by atoms with van der Waals surface area (Å²) in [5.41, 5.74) is 1.93. The first-order valence-electron chi connectivity index (χ1n) is 22.8. The highest BCUT2D eigenvalue weighted by molar-refractivity contribution is 8.01. The van der Waals surface area contributed by atoms with Crippen LogP contribution in [0.2, 0.25) is 36.3 Å². The summed E-state index contributed by atoms with van der Waals surface area (Å²) in [6, 6.07) is 0. The molecule has 4 aliphatic rings. The summed E-state index contributed by atoms with van der Waals surface area (Å²) in [7, 11) is -3.77. The van der Waals surface area contributed by atoms with Crippen molar-refractivity contribution in [2.45, 2.75) is 217 Å². The number of aliphatic hydroxyl groups is 3. The molecule has 3 fully saturated rings. The standard InChI is InChI=1S/C47H88O5S2Si2/c1-16-34-20-22-37-36-21-19-35-33-39(53-31-27-46(49,17-2)25-29-51-55(12,13)42(4,5)6)40(48)41(45(35,11)38(36)23-24-44(34,37)10)54-32-28-47(50,18-3)26-30-52-56(14,15)43(7,8)9/h19,21,34,37-41,48-50H,16-18,20,22-33H2,1-15H3/t34-,37-,38-,39?,40?,41?,44+,45-,46?,47?/m0/s1. The highest BCUT2D eigenvalue weighted by Crippen LogP contribution is 2.67. The molecule has 10 atom stereocenters. The van der Waals surface area contributed by atoms with Crippen LogP contribution in [0.5, 0.6) is 0 Å². The zero-order valence-electron chi connectivity index (χ0n) is 38.9. The summed E-state index contributed by atoms with van der Waals surface area (Å²) in [5.74, 6) is 3.56. The van der Waals surface area contributed by atoms with Gasteiger partial charge in [-0.2, -0.15) is 23.5 Å². The van der Waals surface area contributed by atoms with E-state index in [1.54, 1.807) is 5.57 Å². The van der Waals surface area contributed by atoms with Crippen LogP contribution >= 0.6 is 23.5 Å². The van der Waals surface area contributed by atoms with Gasteiger partial charge in [0.15, 0.2) is 16.6 Å². The molecule has 56 heavy (non-hydrogen) atoms. The van der Waals surface area contributed by atoms with Crippen LogP contribution in [0.4, 0.5) is 0 Å². The highest BCUT2D eigenvalue weighted by Gasteiger charge is 2.60. The molecule has 0 heterocycles. The molecule has 3 saturated carbocycles. The summed E-state index contributed by atoms with van der Waals surface area (Å²) in [5, 5.41) is 36.6. The van der Waals surface area contributed by atoms with Crippen LogP contribution in [0.3, 0.4) is 0 Å². The molecule has 5 nitrogen and oxygen atoms in total. The second-order valence-corrected chi connectivity index (χ2v) is 34.5. The molecular formula is C47H88O5S2Si2. The molecule has 4 aliphatic carbocycles. The number of aliphatic hydroxyl groups excluding tert-OH is 1. The first-order valence-corrected chi connectivity index (χ1v) is 30.7. The second kappa shape index (κ2) is 18.4. The lowest BCUT2D eigenvalue weighted by atomic mass is 9.50. The fourth-order valence-electron chi connectivity index (χ4n) is 10.4. The lowest BCUT2D eigenvalue weighted by Crippen LogP contribution is -2.57. The Morgan fingerprint density at radius 3 is 1.73 bits per heavy atom. The van der Waals surface area contributed by atoms with Gasteiger partial charge in [0.2, 0.25) is 0 Å². The van der Waals surface area contributed by atoms with Crippen molar-refractivity contribution in [2.75, 3.05) is 24.7 Å². The van der Waals surface area contributed by atoms with Gasteiger partial charge in [-0.15, -0.1) is 0 Å². The van der Waals surface area contributed by atoms with E-state index in [-0.39, 0.29) is 26.0 Å². The Kier molecular flexibility index (Phi) is 16.1. The lowest BCUT2D eigenvalue weighted by Gasteiger charge is -2.58. The molecule has 0 amide bonds. The van der Waals surface area contributed by atoms with Gasteiger partial charge in [-0.1, -0.05) is 106 Å². The Hall–Kier alpha value is 0.414. The van der Waals surface area contributed by atoms with Crippen molar-refractivity contribution in [3.63, 3.8) is 0 Å². The normalized spacial score (nSPS) is 33.5. The molecule has 0 aromatic heterocycles. The Morgan fingerprint density at radius 2 is 1.25 bits per heavy atom. The number of allylic oxidation sites excluding steroid dienone is 4. The Bertz CT molecular complexity index is 1370. The molecule has 4 rings (SSSR count). The van der Waals surface area contributed by atoms with Gasteiger partial charge in [-0.05, 0) is 142 Å². The molecule has 0 aromatic rings. The average Bonchev–Trinajstić information content (AvgIpc) is 3.45. The third-order valence-corrected chi connectivity index (χ3v) is 29.1. The molecule has 0 spiro atoms. The minimum absolute atomic E-state index is 0.0501. The summed E-state index contributed by atoms with van der Waals surface area (Å²) >= 11 is 3.81. The first kappa shape index (κ1) is 49.1. The summed E-state index contributed by atoms with van der Waals surface area (Å²) in [6.45, 7) is 35.7. The van der Waals surface area contributed by atoms with E-state index in [1.165, 1.54) is 37.7 Å². The smallest absolute Gasteiger partial charge is 0.191 e. The first-order chi connectivity index (χ1) is 25.7. The molecule has 0 aliphatic heterocycles. The molecule has 0 aromatic carbocycles. The fraction of sp³-hybridized carbons (Fsp3) is 0.915. The maximum absolute atomic E-state index is 12.6. The Balaban J connectivity index is 1.52. The largest absolute Gasteiger partial charge is 0.417 e. The van der Waals surface area contributed by atoms with Gasteiger partial charge in [-0.3, -0.25) is 0 Å². The minimum atomic E-state index is -1.89. The Morgan fingerprint density at radius 1 is 0.732 bits per heavy atom. The van der Waals surface area contributed by atoms with Gasteiger partial charge in [0.1, 0.15) is 0 Å². The van der Waals surface area contributed by atoms with E-state index in [9.17, 15) is 15.3 Å². The number of hydrogen-bond donors (Lipinski definition) is 3. The van der Waals surface area contributed by atoms with Crippen molar-refractivity contribution in [3.8, 4) is 0 Å². The summed E-state index contributed by atoms with van der Waals surface area (Å²) < 4.78 is 13.0. The number of fused-ring (bicyclic) bond motifs is 5. The quantitative estimate of drug-likeness (QED) is 0.112. The number of thioether (sulfide) groups is 2. The van der Waals surface area contributed by atoms with Gasteiger partial charge >= 0.3 is 0 Å². The molecule has 0 bridgehead atoms. The van der Waals surface area contributed by atoms with E-state index in [4.69, 9.17) is 8.85 Å². The van der Waals surface area contributed by atoms with E-state index in [0.717, 1.165) is 23.8 Å². The van der Waals surface area contributed by atoms with Crippen LogP contribution in [-0.2, 0) is 8.85 Å². The number of hydrogen-bond acceptors (Lipinski definition) is 7. The van der Waals surface area contributed by atoms with Crippen molar-refractivity contribution in [3.05, 3.63) is 23.3 Å². The SMILES string of the molecule is CC[C@H]1CC[C@H]2C3=CC=C4CC(SCCC(O)(CC)CCO[Si](C)(C)C(C)(C)C)C(O)C(SCCC(O)(CC)CCO[Si](C)(C)C(C)(C)C)[C@]4(C)[C@H]3CC[C@]12C. The maximum atomic E-state index is 12.6. The van der Waals surface area contributed by atoms with Crippen LogP contribution in [0.25, 0.3) is 0 Å². The average molecular weight is 854 g/mol. The van der Waals surface area contributed by atoms with Gasteiger partial charge in [0, 0.05) is 29.1 Å². The molecule has 0 saturated heterocycles. The van der Waals surface area contributed by atoms with Crippen LogP contribution in [-0.4, -0.2) is 84.5 Å². The monoisotopic (exact) mass is 853 g/mol. The third-order valence-electron chi connectivity index (χ3n) is 17.2. The van der Waals surface area contributed by atoms with E-state index in [2.05, 4.69) is 115 Å². The van der Waals surface area contributed by atoms with Crippen molar-refractivity contribution < 1.29 is 24.2 Å². The molecule has 9 heteroatoms. The fourth-order valence-corrected chi connectivity index (χ4v) is 15.8. The molecule has 3 N–H and O–H groups in total. The van der Waals surface area contributed by atoms with E-state index >= 15 is 0 Å².